The van der Waals surface area contributed by atoms with Crippen LogP contribution in [-0.4, -0.2) is 52.7 Å². The molecule has 4 rings (SSSR count). The molecular weight excluding hydrogens is 340 g/mol. The molecule has 2 aromatic rings. The number of anilines is 1. The fraction of sp³-hybridized carbons (Fsp3) is 0.550. The number of aromatic nitrogens is 2. The summed E-state index contributed by atoms with van der Waals surface area (Å²) in [6.07, 6.45) is 4.23. The molecule has 1 saturated heterocycles. The molecule has 1 aliphatic carbocycles. The highest BCUT2D eigenvalue weighted by atomic mass is 16.2. The van der Waals surface area contributed by atoms with Gasteiger partial charge in [-0.15, -0.1) is 0 Å². The van der Waals surface area contributed by atoms with Crippen molar-refractivity contribution in [3.8, 4) is 6.07 Å². The summed E-state index contributed by atoms with van der Waals surface area (Å²) in [7, 11) is 0. The normalized spacial score (nSPS) is 23.6. The molecule has 0 bridgehead atoms. The first-order chi connectivity index (χ1) is 13.1. The molecule has 3 N–H and O–H groups in total. The Labute approximate surface area is 159 Å². The maximum absolute atomic E-state index is 12.2. The van der Waals surface area contributed by atoms with Gasteiger partial charge in [0.1, 0.15) is 0 Å². The highest BCUT2D eigenvalue weighted by Gasteiger charge is 2.35. The van der Waals surface area contributed by atoms with Crippen molar-refractivity contribution in [3.05, 3.63) is 23.8 Å². The summed E-state index contributed by atoms with van der Waals surface area (Å²) in [6, 6.07) is 9.28. The summed E-state index contributed by atoms with van der Waals surface area (Å²) in [5.41, 5.74) is 2.12. The van der Waals surface area contributed by atoms with Crippen LogP contribution in [0.4, 0.5) is 5.82 Å². The topological polar surface area (TPSA) is 96.8 Å². The molecule has 27 heavy (non-hydrogen) atoms. The fourth-order valence-corrected chi connectivity index (χ4v) is 4.18. The van der Waals surface area contributed by atoms with Crippen molar-refractivity contribution in [2.24, 2.45) is 5.92 Å². The molecule has 2 heterocycles. The minimum atomic E-state index is -0.00311. The summed E-state index contributed by atoms with van der Waals surface area (Å²) >= 11 is 0. The number of nitrogens with one attached hydrogen (secondary N) is 3. The van der Waals surface area contributed by atoms with E-state index in [1.807, 2.05) is 19.1 Å². The van der Waals surface area contributed by atoms with Crippen molar-refractivity contribution in [1.29, 1.82) is 5.26 Å². The largest absolute Gasteiger partial charge is 0.359 e. The Balaban J connectivity index is 1.21. The van der Waals surface area contributed by atoms with Gasteiger partial charge >= 0.3 is 0 Å². The highest BCUT2D eigenvalue weighted by molar-refractivity contribution is 5.92. The molecule has 1 aromatic carbocycles. The van der Waals surface area contributed by atoms with E-state index in [0.29, 0.717) is 11.9 Å². The van der Waals surface area contributed by atoms with Crippen molar-refractivity contribution < 1.29 is 4.79 Å². The Hall–Kier alpha value is -2.59. The zero-order valence-electron chi connectivity index (χ0n) is 15.7. The van der Waals surface area contributed by atoms with Crippen LogP contribution in [0.15, 0.2) is 18.2 Å². The van der Waals surface area contributed by atoms with E-state index in [1.54, 1.807) is 0 Å². The molecule has 0 unspecified atom stereocenters. The van der Waals surface area contributed by atoms with Gasteiger partial charge in [0.15, 0.2) is 5.82 Å². The van der Waals surface area contributed by atoms with Crippen LogP contribution in [0.25, 0.3) is 10.9 Å². The minimum Gasteiger partial charge on any atom is -0.359 e. The molecule has 1 aromatic heterocycles. The van der Waals surface area contributed by atoms with Gasteiger partial charge in [0.05, 0.1) is 24.2 Å². The molecule has 2 fully saturated rings. The summed E-state index contributed by atoms with van der Waals surface area (Å²) in [6.45, 7) is 4.09. The molecule has 1 saturated carbocycles. The number of nitriles is 1. The first-order valence-corrected chi connectivity index (χ1v) is 9.74. The second-order valence-electron chi connectivity index (χ2n) is 7.83. The van der Waals surface area contributed by atoms with E-state index in [-0.39, 0.29) is 24.4 Å². The van der Waals surface area contributed by atoms with Gasteiger partial charge in [-0.25, -0.2) is 0 Å². The quantitative estimate of drug-likeness (QED) is 0.753. The monoisotopic (exact) mass is 366 g/mol. The van der Waals surface area contributed by atoms with Crippen LogP contribution in [-0.2, 0) is 4.79 Å². The third-order valence-corrected chi connectivity index (χ3v) is 5.81. The van der Waals surface area contributed by atoms with Crippen molar-refractivity contribution in [2.75, 3.05) is 25.0 Å². The van der Waals surface area contributed by atoms with Crippen LogP contribution in [0.2, 0.25) is 0 Å². The number of amides is 1. The smallest absolute Gasteiger partial charge is 0.239 e. The number of benzene rings is 1. The van der Waals surface area contributed by atoms with E-state index in [2.05, 4.69) is 37.9 Å². The van der Waals surface area contributed by atoms with Crippen molar-refractivity contribution in [1.82, 2.24) is 20.4 Å². The predicted molar refractivity (Wildman–Crippen MR) is 104 cm³/mol. The summed E-state index contributed by atoms with van der Waals surface area (Å²) in [5, 5.41) is 23.5. The number of likely N-dealkylation sites (tertiary alicyclic amines) is 1. The first-order valence-electron chi connectivity index (χ1n) is 9.74. The Morgan fingerprint density at radius 3 is 2.85 bits per heavy atom. The lowest BCUT2D eigenvalue weighted by molar-refractivity contribution is -0.121. The maximum Gasteiger partial charge on any atom is 0.239 e. The van der Waals surface area contributed by atoms with E-state index in [0.717, 1.165) is 55.2 Å². The molecule has 142 valence electrons. The molecule has 0 atom stereocenters. The fourth-order valence-electron chi connectivity index (χ4n) is 4.18. The Morgan fingerprint density at radius 1 is 1.33 bits per heavy atom. The lowest BCUT2D eigenvalue weighted by atomic mass is 9.85. The SMILES string of the molecule is Cc1ccc2[nH]nc(NCC(=O)NC3CN(C4CCC(C#N)CC4)C3)c2c1. The van der Waals surface area contributed by atoms with E-state index in [4.69, 9.17) is 5.26 Å². The number of carbonyl (C=O) groups excluding carboxylic acids is 1. The van der Waals surface area contributed by atoms with Gasteiger partial charge in [-0.3, -0.25) is 14.8 Å². The van der Waals surface area contributed by atoms with E-state index in [1.165, 1.54) is 0 Å². The van der Waals surface area contributed by atoms with Crippen molar-refractivity contribution in [3.63, 3.8) is 0 Å². The van der Waals surface area contributed by atoms with Gasteiger partial charge in [0.25, 0.3) is 0 Å². The average molecular weight is 366 g/mol. The molecule has 1 amide bonds. The van der Waals surface area contributed by atoms with Crippen molar-refractivity contribution in [2.45, 2.75) is 44.7 Å². The molecule has 0 spiro atoms. The number of rotatable bonds is 5. The number of aromatic amines is 1. The third kappa shape index (κ3) is 3.91. The number of hydrogen-bond donors (Lipinski definition) is 3. The third-order valence-electron chi connectivity index (χ3n) is 5.81. The van der Waals surface area contributed by atoms with Crippen molar-refractivity contribution >= 4 is 22.6 Å². The number of hydrogen-bond acceptors (Lipinski definition) is 5. The Bertz CT molecular complexity index is 855. The number of nitrogens with zero attached hydrogens (tertiary/aromatic N) is 3. The van der Waals surface area contributed by atoms with Crippen LogP contribution < -0.4 is 10.6 Å². The van der Waals surface area contributed by atoms with Crippen LogP contribution in [0.5, 0.6) is 0 Å². The number of aryl methyl sites for hydroxylation is 1. The molecule has 7 nitrogen and oxygen atoms in total. The first kappa shape index (κ1) is 17.8. The van der Waals surface area contributed by atoms with E-state index < -0.39 is 0 Å². The van der Waals surface area contributed by atoms with Gasteiger partial charge in [-0.05, 0) is 44.7 Å². The summed E-state index contributed by atoms with van der Waals surface area (Å²) < 4.78 is 0. The zero-order valence-corrected chi connectivity index (χ0v) is 15.7. The second-order valence-corrected chi connectivity index (χ2v) is 7.83. The van der Waals surface area contributed by atoms with Crippen LogP contribution >= 0.6 is 0 Å². The van der Waals surface area contributed by atoms with Crippen LogP contribution in [0.3, 0.4) is 0 Å². The van der Waals surface area contributed by atoms with Gasteiger partial charge in [-0.2, -0.15) is 10.4 Å². The number of fused-ring (bicyclic) bond motifs is 1. The van der Waals surface area contributed by atoms with Gasteiger partial charge < -0.3 is 10.6 Å². The van der Waals surface area contributed by atoms with Crippen LogP contribution in [0.1, 0.15) is 31.2 Å². The van der Waals surface area contributed by atoms with E-state index >= 15 is 0 Å². The van der Waals surface area contributed by atoms with E-state index in [9.17, 15) is 4.79 Å². The Kier molecular flexibility index (Phi) is 4.99. The Morgan fingerprint density at radius 2 is 2.11 bits per heavy atom. The predicted octanol–water partition coefficient (Wildman–Crippen LogP) is 2.17. The molecule has 1 aliphatic heterocycles. The molecular formula is C20H26N6O. The lowest BCUT2D eigenvalue weighted by Crippen LogP contribution is -2.63. The summed E-state index contributed by atoms with van der Waals surface area (Å²) in [5.74, 6) is 0.955. The van der Waals surface area contributed by atoms with Gasteiger partial charge in [-0.1, -0.05) is 11.6 Å². The van der Waals surface area contributed by atoms with Gasteiger partial charge in [0.2, 0.25) is 5.91 Å². The lowest BCUT2D eigenvalue weighted by Gasteiger charge is -2.46. The standard InChI is InChI=1S/C20H26N6O/c1-13-2-7-18-17(8-13)20(25-24-18)22-10-19(27)23-15-11-26(12-15)16-5-3-14(9-21)4-6-16/h2,7-8,14-16H,3-6,10-12H2,1H3,(H,23,27)(H2,22,24,25). The average Bonchev–Trinajstić information content (AvgIpc) is 3.05. The van der Waals surface area contributed by atoms with Gasteiger partial charge in [0, 0.05) is 30.4 Å². The van der Waals surface area contributed by atoms with Crippen LogP contribution in [0, 0.1) is 24.2 Å². The zero-order chi connectivity index (χ0) is 18.8. The number of carbonyl (C=O) groups is 1. The summed E-state index contributed by atoms with van der Waals surface area (Å²) in [4.78, 5) is 14.7. The second kappa shape index (κ2) is 7.57. The maximum atomic E-state index is 12.2. The minimum absolute atomic E-state index is 0.00311. The highest BCUT2D eigenvalue weighted by Crippen LogP contribution is 2.29. The molecule has 2 aliphatic rings. The molecule has 7 heteroatoms. The molecule has 0 radical (unpaired) electrons. The number of H-pyrrole nitrogens is 1.